The van der Waals surface area contributed by atoms with Crippen LogP contribution in [-0.2, 0) is 5.88 Å². The van der Waals surface area contributed by atoms with Crippen molar-refractivity contribution in [1.29, 1.82) is 0 Å². The Morgan fingerprint density at radius 2 is 2.07 bits per heavy atom. The number of rotatable bonds is 2. The molecule has 1 aromatic carbocycles. The van der Waals surface area contributed by atoms with Gasteiger partial charge in [-0.3, -0.25) is 0 Å². The SMILES string of the molecule is ClCc1cnnn1-c1ccc(Cl)cc1Cl. The van der Waals surface area contributed by atoms with Crippen molar-refractivity contribution in [2.45, 2.75) is 5.88 Å². The van der Waals surface area contributed by atoms with Crippen LogP contribution in [0, 0.1) is 0 Å². The smallest absolute Gasteiger partial charge is 0.0854 e. The van der Waals surface area contributed by atoms with E-state index in [4.69, 9.17) is 34.8 Å². The predicted octanol–water partition coefficient (Wildman–Crippen LogP) is 3.31. The van der Waals surface area contributed by atoms with E-state index in [1.165, 1.54) is 0 Å². The highest BCUT2D eigenvalue weighted by Gasteiger charge is 2.08. The monoisotopic (exact) mass is 261 g/mol. The van der Waals surface area contributed by atoms with E-state index in [9.17, 15) is 0 Å². The Morgan fingerprint density at radius 1 is 1.27 bits per heavy atom. The molecular weight excluding hydrogens is 256 g/mol. The van der Waals surface area contributed by atoms with Crippen molar-refractivity contribution in [2.75, 3.05) is 0 Å². The molecule has 0 saturated carbocycles. The van der Waals surface area contributed by atoms with Crippen LogP contribution in [0.2, 0.25) is 10.0 Å². The summed E-state index contributed by atoms with van der Waals surface area (Å²) in [6, 6.07) is 5.16. The quantitative estimate of drug-likeness (QED) is 0.777. The van der Waals surface area contributed by atoms with Crippen LogP contribution in [0.15, 0.2) is 24.4 Å². The summed E-state index contributed by atoms with van der Waals surface area (Å²) in [6.07, 6.45) is 1.60. The van der Waals surface area contributed by atoms with Crippen molar-refractivity contribution in [3.63, 3.8) is 0 Å². The third-order valence-corrected chi connectivity index (χ3v) is 2.71. The molecule has 0 N–H and O–H groups in total. The largest absolute Gasteiger partial charge is 0.215 e. The van der Waals surface area contributed by atoms with Crippen LogP contribution in [0.3, 0.4) is 0 Å². The molecule has 0 aliphatic heterocycles. The van der Waals surface area contributed by atoms with Crippen molar-refractivity contribution in [3.05, 3.63) is 40.1 Å². The minimum atomic E-state index is 0.325. The first-order valence-electron chi connectivity index (χ1n) is 4.13. The standard InChI is InChI=1S/C9H6Cl3N3/c10-4-7-5-13-14-15(7)9-2-1-6(11)3-8(9)12/h1-3,5H,4H2. The van der Waals surface area contributed by atoms with Gasteiger partial charge in [-0.25, -0.2) is 4.68 Å². The summed E-state index contributed by atoms with van der Waals surface area (Å²) in [7, 11) is 0. The zero-order chi connectivity index (χ0) is 10.8. The number of halogens is 3. The van der Waals surface area contributed by atoms with E-state index >= 15 is 0 Å². The van der Waals surface area contributed by atoms with Crippen molar-refractivity contribution in [3.8, 4) is 5.69 Å². The van der Waals surface area contributed by atoms with Crippen LogP contribution >= 0.6 is 34.8 Å². The van der Waals surface area contributed by atoms with Crippen LogP contribution in [0.25, 0.3) is 5.69 Å². The summed E-state index contributed by atoms with van der Waals surface area (Å²) < 4.78 is 1.59. The predicted molar refractivity (Wildman–Crippen MR) is 60.9 cm³/mol. The lowest BCUT2D eigenvalue weighted by Gasteiger charge is -2.06. The van der Waals surface area contributed by atoms with Crippen LogP contribution in [0.5, 0.6) is 0 Å². The maximum absolute atomic E-state index is 6.03. The number of hydrogen-bond donors (Lipinski definition) is 0. The van der Waals surface area contributed by atoms with Crippen molar-refractivity contribution >= 4 is 34.8 Å². The van der Waals surface area contributed by atoms with Crippen molar-refractivity contribution in [2.24, 2.45) is 0 Å². The Kier molecular flexibility index (Phi) is 3.14. The first kappa shape index (κ1) is 10.7. The number of alkyl halides is 1. The molecule has 2 aromatic rings. The normalized spacial score (nSPS) is 10.6. The second-order valence-corrected chi connectivity index (χ2v) is 3.98. The van der Waals surface area contributed by atoms with Gasteiger partial charge in [0.1, 0.15) is 0 Å². The number of aromatic nitrogens is 3. The third kappa shape index (κ3) is 2.09. The zero-order valence-electron chi connectivity index (χ0n) is 7.49. The summed E-state index contributed by atoms with van der Waals surface area (Å²) in [5.41, 5.74) is 1.50. The van der Waals surface area contributed by atoms with Gasteiger partial charge in [-0.2, -0.15) is 0 Å². The maximum atomic E-state index is 6.03. The Hall–Kier alpha value is -0.770. The maximum Gasteiger partial charge on any atom is 0.0854 e. The molecule has 0 atom stereocenters. The van der Waals surface area contributed by atoms with Crippen molar-refractivity contribution in [1.82, 2.24) is 15.0 Å². The minimum absolute atomic E-state index is 0.325. The van der Waals surface area contributed by atoms with E-state index < -0.39 is 0 Å². The van der Waals surface area contributed by atoms with Gasteiger partial charge in [-0.05, 0) is 18.2 Å². The molecule has 0 fully saturated rings. The average Bonchev–Trinajstić information content (AvgIpc) is 2.65. The minimum Gasteiger partial charge on any atom is -0.215 e. The molecule has 1 aromatic heterocycles. The van der Waals surface area contributed by atoms with Gasteiger partial charge in [0.2, 0.25) is 0 Å². The van der Waals surface area contributed by atoms with Crippen LogP contribution in [0.4, 0.5) is 0 Å². The summed E-state index contributed by atoms with van der Waals surface area (Å²) in [6.45, 7) is 0. The van der Waals surface area contributed by atoms with Gasteiger partial charge in [-0.15, -0.1) is 16.7 Å². The summed E-state index contributed by atoms with van der Waals surface area (Å²) in [4.78, 5) is 0. The molecule has 3 nitrogen and oxygen atoms in total. The topological polar surface area (TPSA) is 30.7 Å². The fourth-order valence-corrected chi connectivity index (χ4v) is 1.87. The van der Waals surface area contributed by atoms with Crippen LogP contribution in [0.1, 0.15) is 5.69 Å². The highest BCUT2D eigenvalue weighted by molar-refractivity contribution is 6.35. The Morgan fingerprint density at radius 3 is 2.73 bits per heavy atom. The molecule has 0 aliphatic carbocycles. The van der Waals surface area contributed by atoms with Gasteiger partial charge >= 0.3 is 0 Å². The van der Waals surface area contributed by atoms with Crippen LogP contribution < -0.4 is 0 Å². The van der Waals surface area contributed by atoms with E-state index in [1.807, 2.05) is 0 Å². The second-order valence-electron chi connectivity index (χ2n) is 2.87. The van der Waals surface area contributed by atoms with Gasteiger partial charge in [0.25, 0.3) is 0 Å². The molecule has 0 unspecified atom stereocenters. The number of hydrogen-bond acceptors (Lipinski definition) is 2. The lowest BCUT2D eigenvalue weighted by atomic mass is 10.3. The third-order valence-electron chi connectivity index (χ3n) is 1.89. The molecule has 6 heteroatoms. The molecule has 78 valence electrons. The molecule has 15 heavy (non-hydrogen) atoms. The first-order valence-corrected chi connectivity index (χ1v) is 5.42. The molecule has 0 radical (unpaired) electrons. The molecule has 0 amide bonds. The zero-order valence-corrected chi connectivity index (χ0v) is 9.76. The number of benzene rings is 1. The molecule has 0 bridgehead atoms. The van der Waals surface area contributed by atoms with Gasteiger partial charge in [0.15, 0.2) is 0 Å². The van der Waals surface area contributed by atoms with Crippen molar-refractivity contribution < 1.29 is 0 Å². The van der Waals surface area contributed by atoms with Gasteiger partial charge < -0.3 is 0 Å². The second kappa shape index (κ2) is 4.39. The van der Waals surface area contributed by atoms with E-state index in [1.54, 1.807) is 29.1 Å². The summed E-state index contributed by atoms with van der Waals surface area (Å²) >= 11 is 17.6. The van der Waals surface area contributed by atoms with E-state index in [0.29, 0.717) is 21.6 Å². The Labute approximate surface area is 102 Å². The van der Waals surface area contributed by atoms with E-state index in [-0.39, 0.29) is 0 Å². The summed E-state index contributed by atoms with van der Waals surface area (Å²) in [5.74, 6) is 0.325. The highest BCUT2D eigenvalue weighted by Crippen LogP contribution is 2.24. The van der Waals surface area contributed by atoms with Gasteiger partial charge in [-0.1, -0.05) is 28.4 Å². The fourth-order valence-electron chi connectivity index (χ4n) is 1.20. The lowest BCUT2D eigenvalue weighted by molar-refractivity contribution is 0.781. The number of nitrogens with zero attached hydrogens (tertiary/aromatic N) is 3. The van der Waals surface area contributed by atoms with Gasteiger partial charge in [0, 0.05) is 5.02 Å². The highest BCUT2D eigenvalue weighted by atomic mass is 35.5. The Bertz CT molecular complexity index is 481. The lowest BCUT2D eigenvalue weighted by Crippen LogP contribution is -2.01. The van der Waals surface area contributed by atoms with E-state index in [2.05, 4.69) is 10.3 Å². The average molecular weight is 263 g/mol. The molecule has 1 heterocycles. The summed E-state index contributed by atoms with van der Waals surface area (Å²) in [5, 5.41) is 8.77. The van der Waals surface area contributed by atoms with Gasteiger partial charge in [0.05, 0.1) is 28.5 Å². The molecular formula is C9H6Cl3N3. The molecule has 0 saturated heterocycles. The first-order chi connectivity index (χ1) is 7.22. The van der Waals surface area contributed by atoms with E-state index in [0.717, 1.165) is 5.69 Å². The fraction of sp³-hybridized carbons (Fsp3) is 0.111. The Balaban J connectivity index is 2.54. The molecule has 0 aliphatic rings. The molecule has 2 rings (SSSR count). The molecule has 0 spiro atoms. The van der Waals surface area contributed by atoms with Crippen LogP contribution in [-0.4, -0.2) is 15.0 Å².